The molecule has 0 saturated carbocycles. The van der Waals surface area contributed by atoms with Crippen molar-refractivity contribution in [3.8, 4) is 5.69 Å². The van der Waals surface area contributed by atoms with Crippen LogP contribution >= 0.6 is 0 Å². The van der Waals surface area contributed by atoms with Crippen LogP contribution in [0.4, 0.5) is 0 Å². The molecule has 0 spiro atoms. The maximum Gasteiger partial charge on any atom is 0.427 e. The quantitative estimate of drug-likeness (QED) is 0.415. The van der Waals surface area contributed by atoms with Crippen LogP contribution in [0.5, 0.6) is 0 Å². The summed E-state index contributed by atoms with van der Waals surface area (Å²) >= 11 is 0. The third-order valence-corrected chi connectivity index (χ3v) is 4.73. The van der Waals surface area contributed by atoms with Crippen molar-refractivity contribution in [2.75, 3.05) is 0 Å². The summed E-state index contributed by atoms with van der Waals surface area (Å²) in [6.07, 6.45) is 1.22. The van der Waals surface area contributed by atoms with E-state index in [4.69, 9.17) is 4.28 Å². The average molecular weight is 374 g/mol. The molecule has 134 valence electrons. The Hall–Kier alpha value is -3.20. The van der Waals surface area contributed by atoms with Gasteiger partial charge >= 0.3 is 15.7 Å². The van der Waals surface area contributed by atoms with Gasteiger partial charge in [0.15, 0.2) is 0 Å². The highest BCUT2D eigenvalue weighted by Crippen LogP contribution is 2.15. The fourth-order valence-electron chi connectivity index (χ4n) is 2.26. The van der Waals surface area contributed by atoms with Gasteiger partial charge in [-0.15, -0.1) is 0 Å². The Labute approximate surface area is 149 Å². The van der Waals surface area contributed by atoms with E-state index in [9.17, 15) is 13.2 Å². The summed E-state index contributed by atoms with van der Waals surface area (Å²) in [5, 5.41) is 6.19. The Morgan fingerprint density at radius 1 is 1.15 bits per heavy atom. The number of aromatic amines is 1. The molecule has 1 N–H and O–H groups in total. The molecule has 0 fully saturated rings. The van der Waals surface area contributed by atoms with E-state index in [1.165, 1.54) is 23.0 Å². The van der Waals surface area contributed by atoms with E-state index < -0.39 is 15.7 Å². The molecule has 9 heteroatoms. The second-order valence-electron chi connectivity index (χ2n) is 5.55. The molecule has 0 aliphatic carbocycles. The fraction of sp³-hybridized carbons (Fsp3) is 0.118. The van der Waals surface area contributed by atoms with Gasteiger partial charge in [-0.25, -0.2) is 4.79 Å². The first-order valence-electron chi connectivity index (χ1n) is 7.62. The number of para-hydroxylation sites is 1. The lowest BCUT2D eigenvalue weighted by Gasteiger charge is -2.04. The number of oxime groups is 1. The number of hydrogen-bond acceptors (Lipinski definition) is 6. The van der Waals surface area contributed by atoms with Gasteiger partial charge in [0.2, 0.25) is 5.69 Å². The number of nitrogens with zero attached hydrogens (tertiary/aromatic N) is 2. The first-order valence-corrected chi connectivity index (χ1v) is 9.02. The molecule has 0 saturated heterocycles. The average Bonchev–Trinajstić information content (AvgIpc) is 3.06. The van der Waals surface area contributed by atoms with E-state index in [0.29, 0.717) is 17.0 Å². The minimum Gasteiger partial charge on any atom is -0.283 e. The summed E-state index contributed by atoms with van der Waals surface area (Å²) in [6.45, 7) is 3.45. The number of aromatic nitrogens is 2. The van der Waals surface area contributed by atoms with Crippen LogP contribution < -0.4 is 10.3 Å². The van der Waals surface area contributed by atoms with Gasteiger partial charge in [-0.2, -0.15) is 8.42 Å². The molecule has 0 aliphatic rings. The summed E-state index contributed by atoms with van der Waals surface area (Å²) in [5.41, 5.74) is 1.81. The molecule has 8 nitrogen and oxygen atoms in total. The second kappa shape index (κ2) is 6.96. The van der Waals surface area contributed by atoms with Crippen molar-refractivity contribution in [2.24, 2.45) is 5.16 Å². The molecule has 3 aromatic rings. The first-order chi connectivity index (χ1) is 12.4. The molecule has 1 heterocycles. The molecule has 26 heavy (non-hydrogen) atoms. The van der Waals surface area contributed by atoms with E-state index in [0.717, 1.165) is 5.56 Å². The second-order valence-corrected chi connectivity index (χ2v) is 7.08. The van der Waals surface area contributed by atoms with E-state index in [-0.39, 0.29) is 4.90 Å². The molecule has 0 bridgehead atoms. The molecular formula is C17H16N3O5S+. The number of rotatable bonds is 5. The zero-order valence-corrected chi connectivity index (χ0v) is 14.9. The lowest BCUT2D eigenvalue weighted by molar-refractivity contribution is -0.670. The van der Waals surface area contributed by atoms with Crippen molar-refractivity contribution in [1.82, 2.24) is 5.27 Å². The number of H-pyrrole nitrogens is 1. The molecule has 0 aliphatic heterocycles. The molecular weight excluding hydrogens is 358 g/mol. The summed E-state index contributed by atoms with van der Waals surface area (Å²) in [6, 6.07) is 13.2. The number of nitrogens with one attached hydrogen (secondary N) is 1. The van der Waals surface area contributed by atoms with Gasteiger partial charge in [0.1, 0.15) is 4.90 Å². The highest BCUT2D eigenvalue weighted by Gasteiger charge is 2.20. The molecule has 2 aromatic carbocycles. The molecule has 0 unspecified atom stereocenters. The Bertz CT molecular complexity index is 1110. The van der Waals surface area contributed by atoms with Crippen LogP contribution in [0.1, 0.15) is 18.1 Å². The lowest BCUT2D eigenvalue weighted by atomic mass is 10.1. The van der Waals surface area contributed by atoms with Crippen LogP contribution in [-0.2, 0) is 14.4 Å². The minimum absolute atomic E-state index is 0.0153. The monoisotopic (exact) mass is 374 g/mol. The molecule has 1 aromatic heterocycles. The summed E-state index contributed by atoms with van der Waals surface area (Å²) in [4.78, 5) is 11.2. The van der Waals surface area contributed by atoms with Gasteiger partial charge < -0.3 is 0 Å². The predicted molar refractivity (Wildman–Crippen MR) is 92.5 cm³/mol. The van der Waals surface area contributed by atoms with E-state index in [1.807, 2.05) is 6.92 Å². The van der Waals surface area contributed by atoms with Gasteiger partial charge in [0, 0.05) is 6.07 Å². The lowest BCUT2D eigenvalue weighted by Crippen LogP contribution is -2.34. The van der Waals surface area contributed by atoms with Crippen molar-refractivity contribution in [3.63, 3.8) is 0 Å². The summed E-state index contributed by atoms with van der Waals surface area (Å²) in [7, 11) is -4.02. The van der Waals surface area contributed by atoms with Crippen LogP contribution in [0.15, 0.2) is 74.1 Å². The van der Waals surface area contributed by atoms with Crippen LogP contribution in [0.2, 0.25) is 0 Å². The SMILES string of the molecule is C/C(=N/OS(=O)(=O)c1ccc(C)cc1)c1ccccc1-[n+]1cc(=O)o[nH]1. The van der Waals surface area contributed by atoms with Crippen molar-refractivity contribution in [3.05, 3.63) is 76.3 Å². The third kappa shape index (κ3) is 3.72. The Morgan fingerprint density at radius 3 is 2.50 bits per heavy atom. The fourth-order valence-corrected chi connectivity index (χ4v) is 3.03. The number of hydrogen-bond donors (Lipinski definition) is 1. The summed E-state index contributed by atoms with van der Waals surface area (Å²) in [5.74, 6) is 0. The maximum absolute atomic E-state index is 12.2. The Morgan fingerprint density at radius 2 is 1.85 bits per heavy atom. The number of benzene rings is 2. The largest absolute Gasteiger partial charge is 0.427 e. The maximum atomic E-state index is 12.2. The van der Waals surface area contributed by atoms with Gasteiger partial charge in [-0.3, -0.25) is 8.81 Å². The zero-order valence-electron chi connectivity index (χ0n) is 14.0. The Kier molecular flexibility index (Phi) is 4.72. The minimum atomic E-state index is -4.02. The van der Waals surface area contributed by atoms with E-state index in [2.05, 4.69) is 15.0 Å². The first kappa shape index (κ1) is 17.6. The topological polar surface area (TPSA) is 106 Å². The molecule has 0 radical (unpaired) electrons. The van der Waals surface area contributed by atoms with Gasteiger partial charge in [0.25, 0.3) is 6.20 Å². The highest BCUT2D eigenvalue weighted by atomic mass is 32.2. The molecule has 0 amide bonds. The predicted octanol–water partition coefficient (Wildman–Crippen LogP) is 1.68. The van der Waals surface area contributed by atoms with E-state index in [1.54, 1.807) is 43.3 Å². The van der Waals surface area contributed by atoms with Crippen molar-refractivity contribution >= 4 is 15.8 Å². The summed E-state index contributed by atoms with van der Waals surface area (Å²) < 4.78 is 35.3. The van der Waals surface area contributed by atoms with Gasteiger partial charge in [-0.1, -0.05) is 35.0 Å². The van der Waals surface area contributed by atoms with Crippen molar-refractivity contribution in [1.29, 1.82) is 0 Å². The number of aryl methyl sites for hydroxylation is 1. The Balaban J connectivity index is 1.91. The standard InChI is InChI=1S/C17H15N3O5S/c1-12-7-9-14(10-8-12)26(22,23)25-18-13(2)15-5-3-4-6-16(15)20-11-17(21)24-19-20/h3-11H,1-2H3/p+1/b18-13-. The normalized spacial score (nSPS) is 12.2. The van der Waals surface area contributed by atoms with Crippen molar-refractivity contribution < 1.29 is 21.9 Å². The van der Waals surface area contributed by atoms with Crippen LogP contribution in [-0.4, -0.2) is 19.4 Å². The van der Waals surface area contributed by atoms with Crippen LogP contribution in [0.25, 0.3) is 5.69 Å². The van der Waals surface area contributed by atoms with Gasteiger partial charge in [-0.05, 0) is 42.0 Å². The smallest absolute Gasteiger partial charge is 0.283 e. The van der Waals surface area contributed by atoms with Crippen molar-refractivity contribution in [2.45, 2.75) is 18.7 Å². The van der Waals surface area contributed by atoms with Crippen LogP contribution in [0, 0.1) is 6.92 Å². The third-order valence-electron chi connectivity index (χ3n) is 3.61. The highest BCUT2D eigenvalue weighted by molar-refractivity contribution is 7.86. The van der Waals surface area contributed by atoms with Gasteiger partial charge in [0.05, 0.1) is 11.3 Å². The van der Waals surface area contributed by atoms with E-state index >= 15 is 0 Å². The molecule has 0 atom stereocenters. The zero-order chi connectivity index (χ0) is 18.7. The van der Waals surface area contributed by atoms with Crippen LogP contribution in [0.3, 0.4) is 0 Å². The molecule has 3 rings (SSSR count).